The summed E-state index contributed by atoms with van der Waals surface area (Å²) < 4.78 is 1.98. The minimum Gasteiger partial charge on any atom is -0.354 e. The minimum atomic E-state index is 0.0699. The van der Waals surface area contributed by atoms with Crippen molar-refractivity contribution >= 4 is 163 Å². The van der Waals surface area contributed by atoms with Crippen LogP contribution in [-0.4, -0.2) is 80.2 Å². The van der Waals surface area contributed by atoms with E-state index in [9.17, 15) is 0 Å². The first-order chi connectivity index (χ1) is 19.6. The first kappa shape index (κ1) is 26.2. The summed E-state index contributed by atoms with van der Waals surface area (Å²) >= 11 is 0. The lowest BCUT2D eigenvalue weighted by Gasteiger charge is -2.29. The molecule has 0 aliphatic rings. The zero-order valence-electron chi connectivity index (χ0n) is 21.9. The molecule has 0 aliphatic heterocycles. The largest absolute Gasteiger partial charge is 0.354 e. The van der Waals surface area contributed by atoms with Crippen LogP contribution in [0.1, 0.15) is 0 Å². The van der Waals surface area contributed by atoms with Crippen LogP contribution in [0.5, 0.6) is 0 Å². The second kappa shape index (κ2) is 9.14. The summed E-state index contributed by atoms with van der Waals surface area (Å²) in [4.78, 5) is 3.60. The van der Waals surface area contributed by atoms with Gasteiger partial charge in [-0.15, -0.1) is 21.9 Å². The fourth-order valence-corrected chi connectivity index (χ4v) is 6.06. The van der Waals surface area contributed by atoms with Crippen LogP contribution in [0, 0.1) is 0 Å². The lowest BCUT2D eigenvalue weighted by molar-refractivity contribution is 1.21. The van der Waals surface area contributed by atoms with Crippen molar-refractivity contribution in [2.45, 2.75) is 0 Å². The van der Waals surface area contributed by atoms with Crippen LogP contribution >= 0.6 is 0 Å². The SMILES string of the molecule is [B]c1c([B])c([B])c(-c2c([B])c([B])c([B])c(-n3c4ccccc4c4c5[nH]c6ccccc6c5ccc43)c2[B])c([B])c1[B]. The molecule has 0 bridgehead atoms. The van der Waals surface area contributed by atoms with Gasteiger partial charge < -0.3 is 9.55 Å². The number of rotatable bonds is 2. The Kier molecular flexibility index (Phi) is 5.84. The van der Waals surface area contributed by atoms with Crippen LogP contribution in [0.4, 0.5) is 0 Å². The Bertz CT molecular complexity index is 2230. The quantitative estimate of drug-likeness (QED) is 0.250. The van der Waals surface area contributed by atoms with Crippen LogP contribution in [-0.2, 0) is 0 Å². The van der Waals surface area contributed by atoms with Gasteiger partial charge in [0, 0.05) is 32.7 Å². The van der Waals surface area contributed by atoms with Crippen LogP contribution < -0.4 is 49.2 Å². The summed E-state index contributed by atoms with van der Waals surface area (Å²) in [5.74, 6) is 0. The van der Waals surface area contributed by atoms with Gasteiger partial charge in [0.15, 0.2) is 0 Å². The molecule has 0 amide bonds. The number of hydrogen-bond donors (Lipinski definition) is 1. The van der Waals surface area contributed by atoms with Gasteiger partial charge in [0.25, 0.3) is 0 Å². The molecular formula is C30H11B9N2. The van der Waals surface area contributed by atoms with Gasteiger partial charge >= 0.3 is 0 Å². The summed E-state index contributed by atoms with van der Waals surface area (Å²) in [5, 5.41) is 4.23. The zero-order valence-corrected chi connectivity index (χ0v) is 21.9. The molecule has 0 saturated heterocycles. The van der Waals surface area contributed by atoms with E-state index in [-0.39, 0.29) is 60.3 Å². The number of nitrogens with one attached hydrogen (secondary N) is 1. The first-order valence-corrected chi connectivity index (χ1v) is 12.8. The highest BCUT2D eigenvalue weighted by Gasteiger charge is 2.23. The van der Waals surface area contributed by atoms with Crippen molar-refractivity contribution in [3.8, 4) is 16.8 Å². The Morgan fingerprint density at radius 1 is 0.439 bits per heavy atom. The lowest BCUT2D eigenvalue weighted by atomic mass is 9.56. The highest BCUT2D eigenvalue weighted by molar-refractivity contribution is 6.70. The van der Waals surface area contributed by atoms with Gasteiger partial charge in [-0.1, -0.05) is 69.8 Å². The van der Waals surface area contributed by atoms with Crippen LogP contribution in [0.15, 0.2) is 60.7 Å². The number of benzene rings is 5. The molecule has 0 atom stereocenters. The van der Waals surface area contributed by atoms with E-state index in [2.05, 4.69) is 29.2 Å². The molecule has 0 unspecified atom stereocenters. The van der Waals surface area contributed by atoms with Gasteiger partial charge in [0.05, 0.1) is 16.6 Å². The summed E-state index contributed by atoms with van der Waals surface area (Å²) in [6.45, 7) is 0. The number of aromatic nitrogens is 2. The molecule has 7 rings (SSSR count). The standard InChI is InChI=1S/C30H11B9N2/c31-20-18(21(32)25(36)27(38)24(20)35)19-22(33)26(37)28(39)30(23(19)34)41-15-8-4-2-6-13(15)17-16(41)10-9-12-11-5-1-3-7-14(11)40-29(12)17/h1-10,40H. The predicted octanol–water partition coefficient (Wildman–Crippen LogP) is -2.77. The topological polar surface area (TPSA) is 20.7 Å². The zero-order chi connectivity index (χ0) is 28.9. The Balaban J connectivity index is 1.67. The van der Waals surface area contributed by atoms with E-state index in [1.807, 2.05) is 41.0 Å². The highest BCUT2D eigenvalue weighted by Crippen LogP contribution is 2.38. The second-order valence-corrected chi connectivity index (χ2v) is 10.2. The molecule has 1 N–H and O–H groups in total. The van der Waals surface area contributed by atoms with E-state index in [4.69, 9.17) is 70.6 Å². The number of H-pyrrole nitrogens is 1. The third-order valence-electron chi connectivity index (χ3n) is 8.12. The van der Waals surface area contributed by atoms with Crippen molar-refractivity contribution in [2.75, 3.05) is 0 Å². The Labute approximate surface area is 249 Å². The molecule has 5 aromatic carbocycles. The molecule has 2 aromatic heterocycles. The molecule has 0 saturated carbocycles. The molecule has 0 spiro atoms. The fourth-order valence-electron chi connectivity index (χ4n) is 6.06. The smallest absolute Gasteiger partial charge is 0.117 e. The van der Waals surface area contributed by atoms with E-state index in [0.29, 0.717) is 5.69 Å². The average molecular weight is 497 g/mol. The molecule has 18 radical (unpaired) electrons. The third-order valence-corrected chi connectivity index (χ3v) is 8.12. The predicted molar refractivity (Wildman–Crippen MR) is 184 cm³/mol. The first-order valence-electron chi connectivity index (χ1n) is 12.8. The molecule has 168 valence electrons. The highest BCUT2D eigenvalue weighted by atomic mass is 15.0. The van der Waals surface area contributed by atoms with Gasteiger partial charge in [-0.2, -0.15) is 0 Å². The Morgan fingerprint density at radius 3 is 1.66 bits per heavy atom. The Morgan fingerprint density at radius 2 is 0.976 bits per heavy atom. The molecular weight excluding hydrogens is 486 g/mol. The van der Waals surface area contributed by atoms with Crippen molar-refractivity contribution < 1.29 is 0 Å². The number of fused-ring (bicyclic) bond motifs is 7. The van der Waals surface area contributed by atoms with E-state index in [1.54, 1.807) is 0 Å². The molecule has 7 aromatic rings. The van der Waals surface area contributed by atoms with E-state index in [0.717, 1.165) is 43.6 Å². The number of para-hydroxylation sites is 2. The molecule has 41 heavy (non-hydrogen) atoms. The number of aromatic amines is 1. The van der Waals surface area contributed by atoms with Crippen molar-refractivity contribution in [3.63, 3.8) is 0 Å². The van der Waals surface area contributed by atoms with Gasteiger partial charge in [0.1, 0.15) is 70.6 Å². The Hall–Kier alpha value is -3.72. The lowest BCUT2D eigenvalue weighted by Crippen LogP contribution is -2.57. The van der Waals surface area contributed by atoms with Crippen LogP contribution in [0.25, 0.3) is 60.4 Å². The number of nitrogens with zero attached hydrogens (tertiary/aromatic N) is 1. The van der Waals surface area contributed by atoms with Crippen LogP contribution in [0.3, 0.4) is 0 Å². The van der Waals surface area contributed by atoms with Crippen molar-refractivity contribution in [3.05, 3.63) is 60.7 Å². The van der Waals surface area contributed by atoms with E-state index < -0.39 is 0 Å². The maximum absolute atomic E-state index is 6.94. The van der Waals surface area contributed by atoms with Gasteiger partial charge in [-0.3, -0.25) is 0 Å². The normalized spacial score (nSPS) is 11.8. The molecule has 0 aliphatic carbocycles. The number of hydrogen-bond acceptors (Lipinski definition) is 0. The van der Waals surface area contributed by atoms with Gasteiger partial charge in [-0.05, 0) is 29.3 Å². The van der Waals surface area contributed by atoms with Crippen molar-refractivity contribution in [1.29, 1.82) is 0 Å². The van der Waals surface area contributed by atoms with Crippen molar-refractivity contribution in [2.24, 2.45) is 0 Å². The molecule has 2 heterocycles. The van der Waals surface area contributed by atoms with E-state index in [1.165, 1.54) is 0 Å². The molecule has 0 fully saturated rings. The summed E-state index contributed by atoms with van der Waals surface area (Å²) in [7, 11) is 58.0. The van der Waals surface area contributed by atoms with Crippen LogP contribution in [0.2, 0.25) is 0 Å². The molecule has 11 heteroatoms. The third kappa shape index (κ3) is 3.44. The van der Waals surface area contributed by atoms with Crippen molar-refractivity contribution in [1.82, 2.24) is 9.55 Å². The van der Waals surface area contributed by atoms with Gasteiger partial charge in [-0.25, -0.2) is 0 Å². The average Bonchev–Trinajstić information content (AvgIpc) is 3.52. The maximum atomic E-state index is 6.94. The summed E-state index contributed by atoms with van der Waals surface area (Å²) in [6, 6.07) is 20.3. The minimum absolute atomic E-state index is 0.0699. The summed E-state index contributed by atoms with van der Waals surface area (Å²) in [5.41, 5.74) is 5.72. The second-order valence-electron chi connectivity index (χ2n) is 10.2. The molecule has 2 nitrogen and oxygen atoms in total. The monoisotopic (exact) mass is 498 g/mol. The fraction of sp³-hybridized carbons (Fsp3) is 0. The maximum Gasteiger partial charge on any atom is 0.117 e. The summed E-state index contributed by atoms with van der Waals surface area (Å²) in [6.07, 6.45) is 0. The van der Waals surface area contributed by atoms with E-state index >= 15 is 0 Å². The van der Waals surface area contributed by atoms with Gasteiger partial charge in [0.2, 0.25) is 0 Å².